The minimum atomic E-state index is -3.91. The van der Waals surface area contributed by atoms with Crippen molar-refractivity contribution in [1.29, 1.82) is 0 Å². The van der Waals surface area contributed by atoms with Gasteiger partial charge in [0, 0.05) is 0 Å². The number of benzene rings is 3. The average Bonchev–Trinajstić information content (AvgIpc) is 2.87. The Bertz CT molecular complexity index is 1090. The molecule has 0 saturated carbocycles. The second-order valence-electron chi connectivity index (χ2n) is 9.30. The van der Waals surface area contributed by atoms with Crippen LogP contribution in [-0.4, -0.2) is 11.9 Å². The van der Waals surface area contributed by atoms with E-state index in [1.54, 1.807) is 24.3 Å². The minimum Gasteiger partial charge on any atom is -0.445 e. The van der Waals surface area contributed by atoms with Crippen LogP contribution in [0.1, 0.15) is 69.6 Å². The lowest BCUT2D eigenvalue weighted by molar-refractivity contribution is 0.137. The van der Waals surface area contributed by atoms with Gasteiger partial charge in [-0.3, -0.25) is 0 Å². The van der Waals surface area contributed by atoms with Crippen LogP contribution in [0, 0.1) is 0 Å². The summed E-state index contributed by atoms with van der Waals surface area (Å²) in [7, 11) is -3.91. The van der Waals surface area contributed by atoms with Gasteiger partial charge in [-0.05, 0) is 59.2 Å². The van der Waals surface area contributed by atoms with Gasteiger partial charge < -0.3 is 19.1 Å². The molecule has 0 aliphatic heterocycles. The van der Waals surface area contributed by atoms with E-state index in [1.165, 1.54) is 0 Å². The number of hydrogen-bond acceptors (Lipinski definition) is 5. The highest BCUT2D eigenvalue weighted by Crippen LogP contribution is 2.53. The fourth-order valence-corrected chi connectivity index (χ4v) is 5.41. The molecule has 0 aromatic heterocycles. The van der Waals surface area contributed by atoms with Crippen LogP contribution in [0.4, 0.5) is 4.79 Å². The van der Waals surface area contributed by atoms with Crippen molar-refractivity contribution in [2.45, 2.75) is 65.3 Å². The van der Waals surface area contributed by atoms with Crippen molar-refractivity contribution in [3.63, 3.8) is 0 Å². The summed E-state index contributed by atoms with van der Waals surface area (Å²) in [5, 5.41) is 2.70. The molecule has 0 radical (unpaired) electrons. The minimum absolute atomic E-state index is 0.0997. The van der Waals surface area contributed by atoms with Crippen molar-refractivity contribution in [2.24, 2.45) is 0 Å². The molecule has 1 amide bonds. The van der Waals surface area contributed by atoms with E-state index >= 15 is 0 Å². The molecule has 3 aromatic carbocycles. The number of alkyl carbamates (subject to hydrolysis) is 1. The second kappa shape index (κ2) is 12.6. The van der Waals surface area contributed by atoms with Crippen molar-refractivity contribution in [2.75, 3.05) is 0 Å². The smallest absolute Gasteiger partial charge is 0.445 e. The van der Waals surface area contributed by atoms with Gasteiger partial charge in [0.2, 0.25) is 0 Å². The van der Waals surface area contributed by atoms with Crippen molar-refractivity contribution in [3.05, 3.63) is 95.6 Å². The Morgan fingerprint density at radius 3 is 1.67 bits per heavy atom. The lowest BCUT2D eigenvalue weighted by Gasteiger charge is -2.27. The number of rotatable bonds is 11. The molecule has 0 aliphatic rings. The molecule has 0 spiro atoms. The molecule has 0 saturated heterocycles. The predicted molar refractivity (Wildman–Crippen MR) is 144 cm³/mol. The normalized spacial score (nSPS) is 12.3. The van der Waals surface area contributed by atoms with Gasteiger partial charge in [-0.15, -0.1) is 0 Å². The molecular formula is C29H36NO5P. The highest BCUT2D eigenvalue weighted by atomic mass is 31.2. The number of amides is 1. The van der Waals surface area contributed by atoms with Gasteiger partial charge in [0.05, 0.1) is 0 Å². The summed E-state index contributed by atoms with van der Waals surface area (Å²) < 4.78 is 31.6. The first-order valence-corrected chi connectivity index (χ1v) is 14.0. The monoisotopic (exact) mass is 509 g/mol. The maximum absolute atomic E-state index is 14.2. The Morgan fingerprint density at radius 2 is 1.25 bits per heavy atom. The standard InChI is InChI=1S/C29H36NO5P/c1-6-28(30-29(31)33-20-23-10-8-7-9-11-23)36(32,34-26-16-12-24(13-17-26)21(2)3)35-27-18-14-25(15-19-27)22(4)5/h7-19,21-22,28H,6,20H2,1-5H3,(H,30,31). The van der Waals surface area contributed by atoms with Crippen molar-refractivity contribution in [3.8, 4) is 11.5 Å². The molecule has 7 heteroatoms. The zero-order chi connectivity index (χ0) is 26.1. The van der Waals surface area contributed by atoms with Gasteiger partial charge in [0.1, 0.15) is 18.1 Å². The van der Waals surface area contributed by atoms with E-state index in [0.717, 1.165) is 16.7 Å². The van der Waals surface area contributed by atoms with Crippen molar-refractivity contribution < 1.29 is 23.1 Å². The Kier molecular flexibility index (Phi) is 9.60. The molecule has 6 nitrogen and oxygen atoms in total. The van der Waals surface area contributed by atoms with Crippen LogP contribution in [0.5, 0.6) is 11.5 Å². The van der Waals surface area contributed by atoms with Gasteiger partial charge in [-0.25, -0.2) is 9.36 Å². The second-order valence-corrected chi connectivity index (χ2v) is 11.4. The molecule has 192 valence electrons. The van der Waals surface area contributed by atoms with Gasteiger partial charge >= 0.3 is 13.7 Å². The van der Waals surface area contributed by atoms with Crippen LogP contribution in [0.2, 0.25) is 0 Å². The lowest BCUT2D eigenvalue weighted by atomic mass is 10.0. The molecule has 1 unspecified atom stereocenters. The van der Waals surface area contributed by atoms with E-state index in [1.807, 2.05) is 61.5 Å². The molecule has 0 bridgehead atoms. The van der Waals surface area contributed by atoms with Gasteiger partial charge in [-0.2, -0.15) is 0 Å². The van der Waals surface area contributed by atoms with Crippen LogP contribution < -0.4 is 14.4 Å². The average molecular weight is 510 g/mol. The summed E-state index contributed by atoms with van der Waals surface area (Å²) in [6, 6.07) is 24.2. The molecule has 36 heavy (non-hydrogen) atoms. The quantitative estimate of drug-likeness (QED) is 0.264. The van der Waals surface area contributed by atoms with Crippen LogP contribution in [0.15, 0.2) is 78.9 Å². The van der Waals surface area contributed by atoms with E-state index < -0.39 is 19.5 Å². The summed E-state index contributed by atoms with van der Waals surface area (Å²) in [4.78, 5) is 12.6. The maximum atomic E-state index is 14.2. The third kappa shape index (κ3) is 7.63. The summed E-state index contributed by atoms with van der Waals surface area (Å²) in [5.41, 5.74) is 3.13. The zero-order valence-electron chi connectivity index (χ0n) is 21.6. The first-order valence-electron chi connectivity index (χ1n) is 12.4. The first-order chi connectivity index (χ1) is 17.2. The van der Waals surface area contributed by atoms with Gasteiger partial charge in [-0.1, -0.05) is 89.2 Å². The fraction of sp³-hybridized carbons (Fsp3) is 0.345. The van der Waals surface area contributed by atoms with Crippen molar-refractivity contribution in [1.82, 2.24) is 5.32 Å². The Labute approximate surface area is 214 Å². The predicted octanol–water partition coefficient (Wildman–Crippen LogP) is 8.25. The summed E-state index contributed by atoms with van der Waals surface area (Å²) in [6.07, 6.45) is -0.380. The summed E-state index contributed by atoms with van der Waals surface area (Å²) in [5.74, 6) is 0.589. The maximum Gasteiger partial charge on any atom is 0.453 e. The number of hydrogen-bond donors (Lipinski definition) is 1. The van der Waals surface area contributed by atoms with E-state index in [-0.39, 0.29) is 6.61 Å². The Morgan fingerprint density at radius 1 is 0.778 bits per heavy atom. The Balaban J connectivity index is 1.81. The topological polar surface area (TPSA) is 73.9 Å². The van der Waals surface area contributed by atoms with Crippen LogP contribution >= 0.6 is 7.60 Å². The molecule has 1 N–H and O–H groups in total. The largest absolute Gasteiger partial charge is 0.453 e. The van der Waals surface area contributed by atoms with E-state index in [4.69, 9.17) is 13.8 Å². The van der Waals surface area contributed by atoms with Gasteiger partial charge in [0.15, 0.2) is 5.78 Å². The fourth-order valence-electron chi connectivity index (χ4n) is 3.57. The van der Waals surface area contributed by atoms with Crippen molar-refractivity contribution >= 4 is 13.7 Å². The molecule has 0 aliphatic carbocycles. The highest BCUT2D eigenvalue weighted by molar-refractivity contribution is 7.55. The molecule has 3 rings (SSSR count). The summed E-state index contributed by atoms with van der Waals surface area (Å²) >= 11 is 0. The van der Waals surface area contributed by atoms with Gasteiger partial charge in [0.25, 0.3) is 0 Å². The molecule has 0 fully saturated rings. The van der Waals surface area contributed by atoms with Crippen LogP contribution in [-0.2, 0) is 15.9 Å². The third-order valence-electron chi connectivity index (χ3n) is 5.82. The van der Waals surface area contributed by atoms with E-state index in [9.17, 15) is 9.36 Å². The molecule has 0 heterocycles. The molecular weight excluding hydrogens is 473 g/mol. The van der Waals surface area contributed by atoms with Crippen LogP contribution in [0.3, 0.4) is 0 Å². The third-order valence-corrected chi connectivity index (χ3v) is 8.01. The SMILES string of the molecule is CCC(NC(=O)OCc1ccccc1)P(=O)(Oc1ccc(C(C)C)cc1)Oc1ccc(C(C)C)cc1. The zero-order valence-corrected chi connectivity index (χ0v) is 22.5. The van der Waals surface area contributed by atoms with Crippen LogP contribution in [0.25, 0.3) is 0 Å². The highest BCUT2D eigenvalue weighted by Gasteiger charge is 2.40. The summed E-state index contributed by atoms with van der Waals surface area (Å²) in [6.45, 7) is 10.3. The first kappa shape index (κ1) is 27.3. The Hall–Kier alpha value is -3.24. The van der Waals surface area contributed by atoms with E-state index in [0.29, 0.717) is 29.8 Å². The molecule has 1 atom stereocenters. The van der Waals surface area contributed by atoms with E-state index in [2.05, 4.69) is 33.0 Å². The number of nitrogens with one attached hydrogen (secondary N) is 1. The number of ether oxygens (including phenoxy) is 1. The molecule has 3 aromatic rings. The number of carbonyl (C=O) groups excluding carboxylic acids is 1. The lowest BCUT2D eigenvalue weighted by Crippen LogP contribution is -2.37. The number of carbonyl (C=O) groups is 1.